The molecule has 30 heavy (non-hydrogen) atoms. The molecule has 0 spiro atoms. The van der Waals surface area contributed by atoms with Crippen LogP contribution < -0.4 is 10.1 Å². The lowest BCUT2D eigenvalue weighted by molar-refractivity contribution is -0.121. The number of anilines is 1. The van der Waals surface area contributed by atoms with Crippen molar-refractivity contribution in [3.8, 4) is 5.75 Å². The number of nitrogens with one attached hydrogen (secondary N) is 2. The fourth-order valence-corrected chi connectivity index (χ4v) is 3.28. The first-order chi connectivity index (χ1) is 14.5. The van der Waals surface area contributed by atoms with Crippen molar-refractivity contribution in [2.75, 3.05) is 11.9 Å². The normalized spacial score (nSPS) is 12.3. The standard InChI is InChI=1S/C24H31N3O3/c1-17(2)8-7-9-18(3)30-20-12-13-21-22(14-20)26-27-24(21)25-23(28)16-29-15-19-10-5-4-6-11-19/h4-6,10-14,17-18H,7-9,15-16H2,1-3H3,(H2,25,26,27,28). The summed E-state index contributed by atoms with van der Waals surface area (Å²) < 4.78 is 11.5. The number of carbonyl (C=O) groups excluding carboxylic acids is 1. The van der Waals surface area contributed by atoms with Gasteiger partial charge in [0.2, 0.25) is 0 Å². The van der Waals surface area contributed by atoms with Gasteiger partial charge in [0.15, 0.2) is 5.82 Å². The minimum atomic E-state index is -0.238. The molecule has 6 nitrogen and oxygen atoms in total. The predicted octanol–water partition coefficient (Wildman–Crippen LogP) is 5.31. The Balaban J connectivity index is 1.50. The highest BCUT2D eigenvalue weighted by Crippen LogP contribution is 2.26. The summed E-state index contributed by atoms with van der Waals surface area (Å²) in [4.78, 5) is 12.2. The minimum Gasteiger partial charge on any atom is -0.491 e. The van der Waals surface area contributed by atoms with E-state index >= 15 is 0 Å². The number of rotatable bonds is 11. The van der Waals surface area contributed by atoms with Crippen LogP contribution in [0.25, 0.3) is 10.9 Å². The van der Waals surface area contributed by atoms with Crippen molar-refractivity contribution in [3.63, 3.8) is 0 Å². The maximum absolute atomic E-state index is 12.2. The number of benzene rings is 2. The van der Waals surface area contributed by atoms with Crippen LogP contribution in [0.1, 0.15) is 45.6 Å². The Bertz CT molecular complexity index is 937. The van der Waals surface area contributed by atoms with E-state index in [-0.39, 0.29) is 18.6 Å². The van der Waals surface area contributed by atoms with E-state index in [0.717, 1.165) is 41.0 Å². The Kier molecular flexibility index (Phi) is 7.85. The van der Waals surface area contributed by atoms with Gasteiger partial charge in [-0.3, -0.25) is 9.89 Å². The van der Waals surface area contributed by atoms with Gasteiger partial charge >= 0.3 is 0 Å². The van der Waals surface area contributed by atoms with Gasteiger partial charge in [0.25, 0.3) is 5.91 Å². The number of aromatic nitrogens is 2. The topological polar surface area (TPSA) is 76.2 Å². The van der Waals surface area contributed by atoms with E-state index in [1.165, 1.54) is 6.42 Å². The Hall–Kier alpha value is -2.86. The van der Waals surface area contributed by atoms with Crippen LogP contribution in [-0.2, 0) is 16.1 Å². The fourth-order valence-electron chi connectivity index (χ4n) is 3.28. The Morgan fingerprint density at radius 3 is 2.67 bits per heavy atom. The molecule has 0 saturated carbocycles. The van der Waals surface area contributed by atoms with Crippen LogP contribution in [0.2, 0.25) is 0 Å². The second-order valence-electron chi connectivity index (χ2n) is 8.06. The molecule has 0 aliphatic carbocycles. The van der Waals surface area contributed by atoms with Gasteiger partial charge in [-0.05, 0) is 43.4 Å². The molecule has 0 bridgehead atoms. The number of ether oxygens (including phenoxy) is 2. The number of aromatic amines is 1. The molecule has 2 N–H and O–H groups in total. The summed E-state index contributed by atoms with van der Waals surface area (Å²) >= 11 is 0. The van der Waals surface area contributed by atoms with Gasteiger partial charge in [-0.2, -0.15) is 5.10 Å². The third-order valence-corrected chi connectivity index (χ3v) is 4.87. The largest absolute Gasteiger partial charge is 0.491 e. The van der Waals surface area contributed by atoms with E-state index in [0.29, 0.717) is 12.4 Å². The minimum absolute atomic E-state index is 0.0294. The molecule has 2 aromatic carbocycles. The van der Waals surface area contributed by atoms with E-state index in [1.807, 2.05) is 48.5 Å². The van der Waals surface area contributed by atoms with E-state index < -0.39 is 0 Å². The van der Waals surface area contributed by atoms with Crippen LogP contribution in [0.4, 0.5) is 5.82 Å². The molecule has 6 heteroatoms. The first-order valence-electron chi connectivity index (χ1n) is 10.6. The monoisotopic (exact) mass is 409 g/mol. The smallest absolute Gasteiger partial charge is 0.251 e. The summed E-state index contributed by atoms with van der Waals surface area (Å²) in [5.41, 5.74) is 1.85. The van der Waals surface area contributed by atoms with Gasteiger partial charge in [-0.15, -0.1) is 0 Å². The van der Waals surface area contributed by atoms with Crippen LogP contribution in [0.3, 0.4) is 0 Å². The molecule has 0 fully saturated rings. The van der Waals surface area contributed by atoms with Crippen molar-refractivity contribution in [2.24, 2.45) is 5.92 Å². The van der Waals surface area contributed by atoms with Crippen LogP contribution in [0.5, 0.6) is 5.75 Å². The number of nitrogens with zero attached hydrogens (tertiary/aromatic N) is 1. The van der Waals surface area contributed by atoms with Crippen molar-refractivity contribution < 1.29 is 14.3 Å². The first kappa shape index (κ1) is 21.8. The summed E-state index contributed by atoms with van der Waals surface area (Å²) in [6.45, 7) is 6.94. The first-order valence-corrected chi connectivity index (χ1v) is 10.6. The second-order valence-corrected chi connectivity index (χ2v) is 8.06. The van der Waals surface area contributed by atoms with Crippen molar-refractivity contribution in [2.45, 2.75) is 52.7 Å². The number of hydrogen-bond donors (Lipinski definition) is 2. The van der Waals surface area contributed by atoms with Crippen LogP contribution in [0.15, 0.2) is 48.5 Å². The van der Waals surface area contributed by atoms with Crippen LogP contribution in [-0.4, -0.2) is 28.8 Å². The summed E-state index contributed by atoms with van der Waals surface area (Å²) in [6.07, 6.45) is 3.56. The van der Waals surface area contributed by atoms with Crippen molar-refractivity contribution in [3.05, 3.63) is 54.1 Å². The van der Waals surface area contributed by atoms with Crippen molar-refractivity contribution in [1.82, 2.24) is 10.2 Å². The van der Waals surface area contributed by atoms with E-state index in [9.17, 15) is 4.79 Å². The molecule has 0 aliphatic rings. The molecule has 1 atom stereocenters. The maximum atomic E-state index is 12.2. The van der Waals surface area contributed by atoms with Gasteiger partial charge in [-0.25, -0.2) is 0 Å². The summed E-state index contributed by atoms with van der Waals surface area (Å²) in [6, 6.07) is 15.5. The number of hydrogen-bond acceptors (Lipinski definition) is 4. The molecule has 0 saturated heterocycles. The average Bonchev–Trinajstić information content (AvgIpc) is 3.10. The number of carbonyl (C=O) groups is 1. The highest BCUT2D eigenvalue weighted by molar-refractivity contribution is 6.00. The Labute approximate surface area is 178 Å². The highest BCUT2D eigenvalue weighted by atomic mass is 16.5. The third kappa shape index (κ3) is 6.59. The molecule has 0 radical (unpaired) electrons. The zero-order chi connectivity index (χ0) is 21.3. The third-order valence-electron chi connectivity index (χ3n) is 4.87. The SMILES string of the molecule is CC(C)CCCC(C)Oc1ccc2c(NC(=O)COCc3ccccc3)n[nH]c2c1. The molecular formula is C24H31N3O3. The zero-order valence-electron chi connectivity index (χ0n) is 18.0. The average molecular weight is 410 g/mol. The fraction of sp³-hybridized carbons (Fsp3) is 0.417. The molecule has 0 aliphatic heterocycles. The van der Waals surface area contributed by atoms with Gasteiger partial charge in [0, 0.05) is 11.5 Å². The molecule has 3 rings (SSSR count). The molecule has 1 aromatic heterocycles. The van der Waals surface area contributed by atoms with Gasteiger partial charge in [-0.1, -0.05) is 50.6 Å². The summed E-state index contributed by atoms with van der Waals surface area (Å²) in [5.74, 6) is 1.77. The van der Waals surface area contributed by atoms with Crippen molar-refractivity contribution in [1.29, 1.82) is 0 Å². The summed E-state index contributed by atoms with van der Waals surface area (Å²) in [7, 11) is 0. The molecule has 3 aromatic rings. The lowest BCUT2D eigenvalue weighted by Crippen LogP contribution is -2.18. The molecule has 1 amide bonds. The van der Waals surface area contributed by atoms with E-state index in [1.54, 1.807) is 0 Å². The predicted molar refractivity (Wildman–Crippen MR) is 120 cm³/mol. The maximum Gasteiger partial charge on any atom is 0.251 e. The van der Waals surface area contributed by atoms with Crippen LogP contribution in [0, 0.1) is 5.92 Å². The van der Waals surface area contributed by atoms with E-state index in [2.05, 4.69) is 36.3 Å². The van der Waals surface area contributed by atoms with E-state index in [4.69, 9.17) is 9.47 Å². The number of amides is 1. The highest BCUT2D eigenvalue weighted by Gasteiger charge is 2.12. The van der Waals surface area contributed by atoms with Gasteiger partial charge in [0.1, 0.15) is 12.4 Å². The Morgan fingerprint density at radius 2 is 1.90 bits per heavy atom. The Morgan fingerprint density at radius 1 is 1.10 bits per heavy atom. The molecule has 160 valence electrons. The summed E-state index contributed by atoms with van der Waals surface area (Å²) in [5, 5.41) is 10.8. The van der Waals surface area contributed by atoms with Gasteiger partial charge < -0.3 is 14.8 Å². The molecular weight excluding hydrogens is 378 g/mol. The molecule has 1 unspecified atom stereocenters. The molecule has 1 heterocycles. The second kappa shape index (κ2) is 10.8. The van der Waals surface area contributed by atoms with Crippen LogP contribution >= 0.6 is 0 Å². The van der Waals surface area contributed by atoms with Crippen molar-refractivity contribution >= 4 is 22.6 Å². The number of H-pyrrole nitrogens is 1. The lowest BCUT2D eigenvalue weighted by Gasteiger charge is -2.15. The van der Waals surface area contributed by atoms with Gasteiger partial charge in [0.05, 0.1) is 18.2 Å². The quantitative estimate of drug-likeness (QED) is 0.450. The lowest BCUT2D eigenvalue weighted by atomic mass is 10.0. The zero-order valence-corrected chi connectivity index (χ0v) is 18.0. The number of fused-ring (bicyclic) bond motifs is 1.